The van der Waals surface area contributed by atoms with Gasteiger partial charge in [-0.2, -0.15) is 0 Å². The number of halogens is 2. The van der Waals surface area contributed by atoms with Crippen molar-refractivity contribution in [2.24, 2.45) is 0 Å². The van der Waals surface area contributed by atoms with Gasteiger partial charge in [0.15, 0.2) is 0 Å². The lowest BCUT2D eigenvalue weighted by Gasteiger charge is -2.16. The Balaban J connectivity index is 2.03. The lowest BCUT2D eigenvalue weighted by atomic mass is 10.1. The lowest BCUT2D eigenvalue weighted by Crippen LogP contribution is -2.19. The van der Waals surface area contributed by atoms with Crippen molar-refractivity contribution in [2.45, 2.75) is 51.5 Å². The summed E-state index contributed by atoms with van der Waals surface area (Å²) in [5.41, 5.74) is 0.796. The van der Waals surface area contributed by atoms with Crippen LogP contribution in [0.3, 0.4) is 0 Å². The summed E-state index contributed by atoms with van der Waals surface area (Å²) < 4.78 is 13.5. The molecule has 1 rings (SSSR count). The Bertz CT molecular complexity index is 357. The molecule has 0 bridgehead atoms. The van der Waals surface area contributed by atoms with Crippen molar-refractivity contribution in [1.82, 2.24) is 4.90 Å². The number of nitrogens with zero attached hydrogens (tertiary/aromatic N) is 1. The fraction of sp³-hybridized carbons (Fsp3) is 0.647. The van der Waals surface area contributed by atoms with Crippen molar-refractivity contribution >= 4 is 15.9 Å². The largest absolute Gasteiger partial charge is 0.302 e. The molecule has 0 aromatic heterocycles. The van der Waals surface area contributed by atoms with Crippen molar-refractivity contribution in [3.8, 4) is 0 Å². The third-order valence-corrected chi connectivity index (χ3v) is 4.13. The summed E-state index contributed by atoms with van der Waals surface area (Å²) in [4.78, 5) is 2.21. The second-order valence-electron chi connectivity index (χ2n) is 5.49. The summed E-state index contributed by atoms with van der Waals surface area (Å²) in [6, 6.07) is 7.05. The number of unbranched alkanes of at least 4 members (excludes halogenated alkanes) is 6. The Morgan fingerprint density at radius 1 is 0.950 bits per heavy atom. The van der Waals surface area contributed by atoms with Crippen LogP contribution in [-0.4, -0.2) is 23.8 Å². The molecule has 0 aliphatic carbocycles. The first-order valence-corrected chi connectivity index (χ1v) is 8.84. The standard InChI is InChI=1S/C17H27BrFN/c1-20(15-16-11-7-8-12-17(16)19)14-10-6-4-2-3-5-9-13-18/h7-8,11-12H,2-6,9-10,13-15H2,1H3. The second kappa shape index (κ2) is 11.3. The van der Waals surface area contributed by atoms with Gasteiger partial charge in [0.2, 0.25) is 0 Å². The molecule has 0 fully saturated rings. The van der Waals surface area contributed by atoms with Gasteiger partial charge < -0.3 is 4.90 Å². The average molecular weight is 344 g/mol. The molecular weight excluding hydrogens is 317 g/mol. The fourth-order valence-electron chi connectivity index (χ4n) is 2.36. The molecule has 0 saturated heterocycles. The number of hydrogen-bond acceptors (Lipinski definition) is 1. The normalized spacial score (nSPS) is 11.2. The van der Waals surface area contributed by atoms with E-state index in [2.05, 4.69) is 27.9 Å². The highest BCUT2D eigenvalue weighted by atomic mass is 79.9. The van der Waals surface area contributed by atoms with E-state index in [1.807, 2.05) is 12.1 Å². The molecule has 20 heavy (non-hydrogen) atoms. The van der Waals surface area contributed by atoms with Crippen LogP contribution >= 0.6 is 15.9 Å². The van der Waals surface area contributed by atoms with Crippen LogP contribution in [-0.2, 0) is 6.54 Å². The summed E-state index contributed by atoms with van der Waals surface area (Å²) in [6.07, 6.45) is 9.18. The molecule has 0 unspecified atom stereocenters. The van der Waals surface area contributed by atoms with Crippen LogP contribution < -0.4 is 0 Å². The maximum absolute atomic E-state index is 13.5. The van der Waals surface area contributed by atoms with Crippen molar-refractivity contribution < 1.29 is 4.39 Å². The molecule has 0 aliphatic rings. The Morgan fingerprint density at radius 3 is 2.20 bits per heavy atom. The summed E-state index contributed by atoms with van der Waals surface area (Å²) in [5, 5.41) is 1.13. The van der Waals surface area contributed by atoms with Crippen LogP contribution in [0.15, 0.2) is 24.3 Å². The van der Waals surface area contributed by atoms with Crippen LogP contribution in [0.1, 0.15) is 50.5 Å². The van der Waals surface area contributed by atoms with Crippen LogP contribution in [0.2, 0.25) is 0 Å². The first kappa shape index (κ1) is 17.6. The molecule has 0 aliphatic heterocycles. The molecule has 0 radical (unpaired) electrons. The molecular formula is C17H27BrFN. The monoisotopic (exact) mass is 343 g/mol. The number of benzene rings is 1. The highest BCUT2D eigenvalue weighted by Crippen LogP contribution is 2.11. The number of hydrogen-bond donors (Lipinski definition) is 0. The van der Waals surface area contributed by atoms with Gasteiger partial charge in [-0.05, 0) is 32.5 Å². The number of alkyl halides is 1. The lowest BCUT2D eigenvalue weighted by molar-refractivity contribution is 0.311. The molecule has 3 heteroatoms. The van der Waals surface area contributed by atoms with Gasteiger partial charge in [-0.15, -0.1) is 0 Å². The van der Waals surface area contributed by atoms with E-state index in [0.717, 1.165) is 17.4 Å². The zero-order chi connectivity index (χ0) is 14.6. The Labute approximate surface area is 131 Å². The predicted molar refractivity (Wildman–Crippen MR) is 88.8 cm³/mol. The minimum atomic E-state index is -0.0915. The van der Waals surface area contributed by atoms with Crippen molar-refractivity contribution in [1.29, 1.82) is 0 Å². The third kappa shape index (κ3) is 8.01. The molecule has 114 valence electrons. The van der Waals surface area contributed by atoms with Gasteiger partial charge in [-0.3, -0.25) is 0 Å². The highest BCUT2D eigenvalue weighted by Gasteiger charge is 2.04. The van der Waals surface area contributed by atoms with E-state index in [1.165, 1.54) is 51.0 Å². The van der Waals surface area contributed by atoms with Gasteiger partial charge in [0, 0.05) is 17.4 Å². The Kier molecular flexibility index (Phi) is 9.94. The van der Waals surface area contributed by atoms with E-state index in [0.29, 0.717) is 6.54 Å². The molecule has 1 nitrogen and oxygen atoms in total. The van der Waals surface area contributed by atoms with Crippen molar-refractivity contribution in [3.05, 3.63) is 35.6 Å². The molecule has 0 N–H and O–H groups in total. The van der Waals surface area contributed by atoms with E-state index < -0.39 is 0 Å². The average Bonchev–Trinajstić information content (AvgIpc) is 2.44. The zero-order valence-corrected chi connectivity index (χ0v) is 14.2. The van der Waals surface area contributed by atoms with Crippen LogP contribution in [0.25, 0.3) is 0 Å². The second-order valence-corrected chi connectivity index (χ2v) is 6.29. The topological polar surface area (TPSA) is 3.24 Å². The Hall–Kier alpha value is -0.410. The minimum Gasteiger partial charge on any atom is -0.302 e. The van der Waals surface area contributed by atoms with E-state index in [1.54, 1.807) is 6.07 Å². The molecule has 0 saturated carbocycles. The van der Waals surface area contributed by atoms with Crippen LogP contribution in [0, 0.1) is 5.82 Å². The van der Waals surface area contributed by atoms with E-state index >= 15 is 0 Å². The SMILES string of the molecule is CN(CCCCCCCCCBr)Cc1ccccc1F. The smallest absolute Gasteiger partial charge is 0.127 e. The van der Waals surface area contributed by atoms with Gasteiger partial charge in [0.25, 0.3) is 0 Å². The number of rotatable bonds is 11. The molecule has 0 atom stereocenters. The molecule has 0 amide bonds. The van der Waals surface area contributed by atoms with Crippen molar-refractivity contribution in [3.63, 3.8) is 0 Å². The summed E-state index contributed by atoms with van der Waals surface area (Å²) >= 11 is 3.46. The van der Waals surface area contributed by atoms with Gasteiger partial charge in [-0.1, -0.05) is 66.2 Å². The van der Waals surface area contributed by atoms with Gasteiger partial charge in [0.1, 0.15) is 5.82 Å². The first-order chi connectivity index (χ1) is 9.74. The molecule has 1 aromatic rings. The zero-order valence-electron chi connectivity index (χ0n) is 12.6. The van der Waals surface area contributed by atoms with Crippen LogP contribution in [0.4, 0.5) is 4.39 Å². The molecule has 1 aromatic carbocycles. The predicted octanol–water partition coefficient (Wildman–Crippen LogP) is 5.38. The van der Waals surface area contributed by atoms with E-state index in [9.17, 15) is 4.39 Å². The van der Waals surface area contributed by atoms with Gasteiger partial charge >= 0.3 is 0 Å². The van der Waals surface area contributed by atoms with Gasteiger partial charge in [-0.25, -0.2) is 4.39 Å². The summed E-state index contributed by atoms with van der Waals surface area (Å²) in [5.74, 6) is -0.0915. The maximum atomic E-state index is 13.5. The Morgan fingerprint density at radius 2 is 1.55 bits per heavy atom. The quantitative estimate of drug-likeness (QED) is 0.385. The summed E-state index contributed by atoms with van der Waals surface area (Å²) in [6.45, 7) is 1.76. The third-order valence-electron chi connectivity index (χ3n) is 3.57. The fourth-order valence-corrected chi connectivity index (χ4v) is 2.75. The van der Waals surface area contributed by atoms with Crippen molar-refractivity contribution in [2.75, 3.05) is 18.9 Å². The van der Waals surface area contributed by atoms with E-state index in [4.69, 9.17) is 0 Å². The minimum absolute atomic E-state index is 0.0915. The van der Waals surface area contributed by atoms with E-state index in [-0.39, 0.29) is 5.82 Å². The maximum Gasteiger partial charge on any atom is 0.127 e. The molecule has 0 spiro atoms. The molecule has 0 heterocycles. The highest BCUT2D eigenvalue weighted by molar-refractivity contribution is 9.09. The first-order valence-electron chi connectivity index (χ1n) is 7.72. The summed E-state index contributed by atoms with van der Waals surface area (Å²) in [7, 11) is 2.07. The van der Waals surface area contributed by atoms with Gasteiger partial charge in [0.05, 0.1) is 0 Å². The van der Waals surface area contributed by atoms with Crippen LogP contribution in [0.5, 0.6) is 0 Å².